The highest BCUT2D eigenvalue weighted by Gasteiger charge is 2.14. The summed E-state index contributed by atoms with van der Waals surface area (Å²) < 4.78 is 0.700. The molecule has 1 atom stereocenters. The average Bonchev–Trinajstić information content (AvgIpc) is 2.81. The summed E-state index contributed by atoms with van der Waals surface area (Å²) in [6, 6.07) is 9.11. The van der Waals surface area contributed by atoms with Crippen LogP contribution in [0.25, 0.3) is 0 Å². The van der Waals surface area contributed by atoms with Gasteiger partial charge in [-0.1, -0.05) is 17.7 Å². The van der Waals surface area contributed by atoms with Crippen LogP contribution >= 0.6 is 38.9 Å². The molecule has 0 spiro atoms. The number of thiophene rings is 1. The number of hydrogen-bond acceptors (Lipinski definition) is 2. The predicted molar refractivity (Wildman–Crippen MR) is 79.4 cm³/mol. The molecule has 0 aliphatic carbocycles. The summed E-state index contributed by atoms with van der Waals surface area (Å²) in [5.41, 5.74) is 0.586. The smallest absolute Gasteiger partial charge is 0.252 e. The Morgan fingerprint density at radius 3 is 2.83 bits per heavy atom. The summed E-state index contributed by atoms with van der Waals surface area (Å²) >= 11 is 10.8. The first kappa shape index (κ1) is 13.6. The number of nitrogens with one attached hydrogen (secondary N) is 1. The van der Waals surface area contributed by atoms with Crippen molar-refractivity contribution in [1.29, 1.82) is 0 Å². The molecule has 1 aromatic carbocycles. The van der Waals surface area contributed by atoms with E-state index in [9.17, 15) is 4.79 Å². The molecule has 1 heterocycles. The van der Waals surface area contributed by atoms with Crippen molar-refractivity contribution in [3.8, 4) is 0 Å². The molecule has 0 fully saturated rings. The normalized spacial score (nSPS) is 12.2. The summed E-state index contributed by atoms with van der Waals surface area (Å²) in [6.45, 7) is 1.97. The Labute approximate surface area is 123 Å². The number of carbonyl (C=O) groups is 1. The Morgan fingerprint density at radius 2 is 2.22 bits per heavy atom. The van der Waals surface area contributed by atoms with Crippen LogP contribution < -0.4 is 5.32 Å². The van der Waals surface area contributed by atoms with E-state index in [1.165, 1.54) is 0 Å². The Bertz CT molecular complexity index is 556. The molecule has 0 bridgehead atoms. The molecule has 0 radical (unpaired) electrons. The van der Waals surface area contributed by atoms with Gasteiger partial charge < -0.3 is 5.32 Å². The summed E-state index contributed by atoms with van der Waals surface area (Å²) in [4.78, 5) is 13.2. The second-order valence-corrected chi connectivity index (χ2v) is 6.10. The Balaban J connectivity index is 2.12. The van der Waals surface area contributed by atoms with E-state index < -0.39 is 0 Å². The maximum Gasteiger partial charge on any atom is 0.252 e. The van der Waals surface area contributed by atoms with Crippen LogP contribution in [0.3, 0.4) is 0 Å². The number of hydrogen-bond donors (Lipinski definition) is 1. The van der Waals surface area contributed by atoms with E-state index in [2.05, 4.69) is 21.2 Å². The van der Waals surface area contributed by atoms with Gasteiger partial charge in [0.1, 0.15) is 0 Å². The van der Waals surface area contributed by atoms with E-state index in [1.54, 1.807) is 29.5 Å². The lowest BCUT2D eigenvalue weighted by Gasteiger charge is -2.13. The highest BCUT2D eigenvalue weighted by Crippen LogP contribution is 2.23. The first-order valence-electron chi connectivity index (χ1n) is 5.37. The fraction of sp³-hybridized carbons (Fsp3) is 0.154. The van der Waals surface area contributed by atoms with Crippen LogP contribution in [-0.4, -0.2) is 5.91 Å². The Kier molecular flexibility index (Phi) is 4.43. The molecular formula is C13H11BrClNOS. The summed E-state index contributed by atoms with van der Waals surface area (Å²) in [6.07, 6.45) is 0. The van der Waals surface area contributed by atoms with Crippen molar-refractivity contribution in [2.24, 2.45) is 0 Å². The molecule has 2 rings (SSSR count). The van der Waals surface area contributed by atoms with E-state index in [4.69, 9.17) is 11.6 Å². The zero-order chi connectivity index (χ0) is 13.1. The fourth-order valence-electron chi connectivity index (χ4n) is 1.56. The highest BCUT2D eigenvalue weighted by molar-refractivity contribution is 9.10. The predicted octanol–water partition coefficient (Wildman–Crippen LogP) is 4.66. The highest BCUT2D eigenvalue weighted by atomic mass is 79.9. The van der Waals surface area contributed by atoms with Gasteiger partial charge in [0.2, 0.25) is 0 Å². The maximum atomic E-state index is 12.1. The second-order valence-electron chi connectivity index (χ2n) is 3.83. The molecule has 0 saturated carbocycles. The number of benzene rings is 1. The molecule has 5 heteroatoms. The number of halogens is 2. The molecule has 2 nitrogen and oxygen atoms in total. The van der Waals surface area contributed by atoms with Gasteiger partial charge in [0.25, 0.3) is 5.91 Å². The molecule has 1 unspecified atom stereocenters. The van der Waals surface area contributed by atoms with Gasteiger partial charge in [0, 0.05) is 14.4 Å². The van der Waals surface area contributed by atoms with E-state index in [0.717, 1.165) is 4.88 Å². The van der Waals surface area contributed by atoms with Crippen LogP contribution in [0.2, 0.25) is 5.02 Å². The van der Waals surface area contributed by atoms with Gasteiger partial charge in [0.05, 0.1) is 11.6 Å². The van der Waals surface area contributed by atoms with Crippen molar-refractivity contribution in [2.75, 3.05) is 0 Å². The van der Waals surface area contributed by atoms with Crippen molar-refractivity contribution in [3.05, 3.63) is 55.6 Å². The second kappa shape index (κ2) is 5.87. The van der Waals surface area contributed by atoms with Crippen molar-refractivity contribution in [1.82, 2.24) is 5.32 Å². The largest absolute Gasteiger partial charge is 0.345 e. The summed E-state index contributed by atoms with van der Waals surface area (Å²) in [7, 11) is 0. The van der Waals surface area contributed by atoms with Gasteiger partial charge in [0.15, 0.2) is 0 Å². The molecule has 0 saturated heterocycles. The lowest BCUT2D eigenvalue weighted by Crippen LogP contribution is -2.26. The molecule has 0 aliphatic rings. The third-order valence-corrected chi connectivity index (χ3v) is 4.44. The SMILES string of the molecule is CC(NC(=O)c1ccc(Cl)cc1Br)c1cccs1. The van der Waals surface area contributed by atoms with Crippen LogP contribution in [0.1, 0.15) is 28.2 Å². The maximum absolute atomic E-state index is 12.1. The van der Waals surface area contributed by atoms with Gasteiger partial charge in [-0.3, -0.25) is 4.79 Å². The molecule has 1 N–H and O–H groups in total. The number of carbonyl (C=O) groups excluding carboxylic acids is 1. The molecule has 0 aliphatic heterocycles. The lowest BCUT2D eigenvalue weighted by molar-refractivity contribution is 0.0939. The summed E-state index contributed by atoms with van der Waals surface area (Å²) in [5, 5.41) is 5.56. The first-order chi connectivity index (χ1) is 8.58. The van der Waals surface area contributed by atoms with Crippen molar-refractivity contribution >= 4 is 44.8 Å². The van der Waals surface area contributed by atoms with Crippen molar-refractivity contribution in [2.45, 2.75) is 13.0 Å². The molecule has 18 heavy (non-hydrogen) atoms. The van der Waals surface area contributed by atoms with Crippen molar-refractivity contribution in [3.63, 3.8) is 0 Å². The van der Waals surface area contributed by atoms with Crippen molar-refractivity contribution < 1.29 is 4.79 Å². The van der Waals surface area contributed by atoms with E-state index in [0.29, 0.717) is 15.1 Å². The van der Waals surface area contributed by atoms with Crippen LogP contribution in [0.5, 0.6) is 0 Å². The third kappa shape index (κ3) is 3.13. The molecule has 1 aromatic heterocycles. The molecular weight excluding hydrogens is 334 g/mol. The van der Waals surface area contributed by atoms with E-state index in [-0.39, 0.29) is 11.9 Å². The lowest BCUT2D eigenvalue weighted by atomic mass is 10.2. The summed E-state index contributed by atoms with van der Waals surface area (Å²) in [5.74, 6) is -0.112. The van der Waals surface area contributed by atoms with Crippen LogP contribution in [0.4, 0.5) is 0 Å². The standard InChI is InChI=1S/C13H11BrClNOS/c1-8(12-3-2-6-18-12)16-13(17)10-5-4-9(15)7-11(10)14/h2-8H,1H3,(H,16,17). The third-order valence-electron chi connectivity index (χ3n) is 2.49. The molecule has 1 amide bonds. The topological polar surface area (TPSA) is 29.1 Å². The Morgan fingerprint density at radius 1 is 1.44 bits per heavy atom. The first-order valence-corrected chi connectivity index (χ1v) is 7.42. The molecule has 2 aromatic rings. The van der Waals surface area contributed by atoms with Gasteiger partial charge >= 0.3 is 0 Å². The fourth-order valence-corrected chi connectivity index (χ4v) is 3.15. The van der Waals surface area contributed by atoms with E-state index >= 15 is 0 Å². The molecule has 94 valence electrons. The quantitative estimate of drug-likeness (QED) is 0.862. The zero-order valence-electron chi connectivity index (χ0n) is 9.61. The minimum atomic E-state index is -0.112. The van der Waals surface area contributed by atoms with Gasteiger partial charge in [-0.15, -0.1) is 11.3 Å². The van der Waals surface area contributed by atoms with Gasteiger partial charge in [-0.25, -0.2) is 0 Å². The zero-order valence-corrected chi connectivity index (χ0v) is 12.8. The van der Waals surface area contributed by atoms with Gasteiger partial charge in [-0.2, -0.15) is 0 Å². The van der Waals surface area contributed by atoms with Crippen LogP contribution in [-0.2, 0) is 0 Å². The monoisotopic (exact) mass is 343 g/mol. The number of rotatable bonds is 3. The minimum absolute atomic E-state index is 0.0000723. The average molecular weight is 345 g/mol. The number of amides is 1. The van der Waals surface area contributed by atoms with Crippen LogP contribution in [0, 0.1) is 0 Å². The van der Waals surface area contributed by atoms with Crippen LogP contribution in [0.15, 0.2) is 40.2 Å². The minimum Gasteiger partial charge on any atom is -0.345 e. The van der Waals surface area contributed by atoms with Gasteiger partial charge in [-0.05, 0) is 52.5 Å². The van der Waals surface area contributed by atoms with E-state index in [1.807, 2.05) is 24.4 Å². The Hall–Kier alpha value is -0.840.